The largest absolute Gasteiger partial charge is 0.493 e. The highest BCUT2D eigenvalue weighted by Crippen LogP contribution is 2.40. The molecule has 2 aliphatic heterocycles. The number of aromatic nitrogens is 7. The van der Waals surface area contributed by atoms with Crippen LogP contribution in [0, 0.1) is 0 Å². The molecule has 7 aromatic rings. The fourth-order valence-corrected chi connectivity index (χ4v) is 8.67. The number of rotatable bonds is 17. The molecule has 0 atom stereocenters. The monoisotopic (exact) mass is 831 g/mol. The molecule has 2 N–H and O–H groups in total. The first-order chi connectivity index (χ1) is 31.2. The molecule has 8 heterocycles. The van der Waals surface area contributed by atoms with Crippen LogP contribution in [-0.4, -0.2) is 48.6 Å². The highest BCUT2D eigenvalue weighted by atomic mass is 16.5. The Morgan fingerprint density at radius 1 is 0.444 bits per heavy atom. The third kappa shape index (κ3) is 9.24. The van der Waals surface area contributed by atoms with Gasteiger partial charge in [-0.3, -0.25) is 15.0 Å². The normalized spacial score (nSPS) is 11.9. The molecule has 6 aromatic heterocycles. The zero-order chi connectivity index (χ0) is 42.8. The molecular weight excluding hydrogens is 779 g/mol. The predicted molar refractivity (Wildman–Crippen MR) is 258 cm³/mol. The Hall–Kier alpha value is -7.13. The minimum Gasteiger partial charge on any atom is -0.493 e. The summed E-state index contributed by atoms with van der Waals surface area (Å²) < 4.78 is 12.4. The first-order valence-electron chi connectivity index (χ1n) is 22.4. The second-order valence-corrected chi connectivity index (χ2v) is 16.1. The second kappa shape index (κ2) is 19.7. The fourth-order valence-electron chi connectivity index (χ4n) is 8.67. The smallest absolute Gasteiger partial charge is 0.161 e. The number of benzene rings is 1. The van der Waals surface area contributed by atoms with E-state index in [0.29, 0.717) is 12.4 Å². The van der Waals surface area contributed by atoms with E-state index in [1.807, 2.05) is 42.9 Å². The minimum absolute atomic E-state index is 0.649. The molecule has 63 heavy (non-hydrogen) atoms. The Morgan fingerprint density at radius 3 is 1.25 bits per heavy atom. The molecule has 0 spiro atoms. The van der Waals surface area contributed by atoms with Gasteiger partial charge in [0.05, 0.1) is 36.5 Å². The van der Waals surface area contributed by atoms with E-state index in [1.165, 1.54) is 57.8 Å². The first-order valence-corrected chi connectivity index (χ1v) is 22.4. The number of H-pyrrole nitrogens is 2. The lowest BCUT2D eigenvalue weighted by Gasteiger charge is -2.13. The average molecular weight is 832 g/mol. The van der Waals surface area contributed by atoms with E-state index in [1.54, 1.807) is 25.7 Å². The average Bonchev–Trinajstić information content (AvgIpc) is 4.18. The van der Waals surface area contributed by atoms with Crippen molar-refractivity contribution in [2.45, 2.75) is 71.1 Å². The molecule has 316 valence electrons. The lowest BCUT2D eigenvalue weighted by atomic mass is 10.0. The molecule has 9 heteroatoms. The van der Waals surface area contributed by atoms with Crippen molar-refractivity contribution >= 4 is 46.4 Å². The van der Waals surface area contributed by atoms with Gasteiger partial charge in [0.2, 0.25) is 0 Å². The molecule has 9 rings (SSSR count). The van der Waals surface area contributed by atoms with Crippen LogP contribution in [0.3, 0.4) is 0 Å². The summed E-state index contributed by atoms with van der Waals surface area (Å²) in [4.78, 5) is 31.9. The Kier molecular flexibility index (Phi) is 12.9. The zero-order valence-corrected chi connectivity index (χ0v) is 36.1. The Balaban J connectivity index is 1.19. The number of hydrogen-bond donors (Lipinski definition) is 2. The van der Waals surface area contributed by atoms with E-state index in [-0.39, 0.29) is 0 Å². The van der Waals surface area contributed by atoms with E-state index in [9.17, 15) is 0 Å². The summed E-state index contributed by atoms with van der Waals surface area (Å²) in [7, 11) is 1.70. The number of aromatic amines is 2. The molecular formula is C54H53N7O2. The molecule has 0 amide bonds. The van der Waals surface area contributed by atoms with Gasteiger partial charge in [0.15, 0.2) is 11.5 Å². The second-order valence-electron chi connectivity index (χ2n) is 16.1. The van der Waals surface area contributed by atoms with Gasteiger partial charge in [-0.05, 0) is 90.9 Å². The Labute approximate surface area is 369 Å². The molecule has 2 aliphatic rings. The van der Waals surface area contributed by atoms with E-state index >= 15 is 0 Å². The number of ether oxygens (including phenoxy) is 2. The van der Waals surface area contributed by atoms with Crippen LogP contribution in [-0.2, 0) is 0 Å². The summed E-state index contributed by atoms with van der Waals surface area (Å²) >= 11 is 0. The number of nitrogens with zero attached hydrogens (tertiary/aromatic N) is 5. The van der Waals surface area contributed by atoms with Crippen molar-refractivity contribution in [2.24, 2.45) is 0 Å². The highest BCUT2D eigenvalue weighted by Gasteiger charge is 2.20. The summed E-state index contributed by atoms with van der Waals surface area (Å²) in [5.74, 6) is 1.41. The van der Waals surface area contributed by atoms with Crippen LogP contribution in [0.2, 0.25) is 0 Å². The Bertz CT molecular complexity index is 2860. The van der Waals surface area contributed by atoms with Crippen molar-refractivity contribution < 1.29 is 9.47 Å². The van der Waals surface area contributed by atoms with Crippen LogP contribution in [0.5, 0.6) is 11.5 Å². The molecule has 0 radical (unpaired) electrons. The van der Waals surface area contributed by atoms with E-state index in [4.69, 9.17) is 19.4 Å². The van der Waals surface area contributed by atoms with Crippen LogP contribution in [0.25, 0.3) is 90.9 Å². The van der Waals surface area contributed by atoms with E-state index < -0.39 is 0 Å². The van der Waals surface area contributed by atoms with Crippen molar-refractivity contribution in [2.75, 3.05) is 13.7 Å². The third-order valence-corrected chi connectivity index (χ3v) is 11.8. The van der Waals surface area contributed by atoms with Crippen LogP contribution in [0.1, 0.15) is 93.9 Å². The van der Waals surface area contributed by atoms with Gasteiger partial charge >= 0.3 is 0 Å². The Morgan fingerprint density at radius 2 is 0.857 bits per heavy atom. The summed E-state index contributed by atoms with van der Waals surface area (Å²) in [6, 6.07) is 26.7. The molecule has 1 aromatic carbocycles. The summed E-state index contributed by atoms with van der Waals surface area (Å²) in [5.41, 5.74) is 14.3. The van der Waals surface area contributed by atoms with Crippen molar-refractivity contribution in [3.05, 3.63) is 139 Å². The van der Waals surface area contributed by atoms with Gasteiger partial charge in [0, 0.05) is 98.2 Å². The van der Waals surface area contributed by atoms with Gasteiger partial charge in [0.1, 0.15) is 0 Å². The molecule has 0 saturated carbocycles. The van der Waals surface area contributed by atoms with Crippen molar-refractivity contribution in [3.8, 4) is 56.0 Å². The van der Waals surface area contributed by atoms with Gasteiger partial charge in [0.25, 0.3) is 0 Å². The molecule has 8 bridgehead atoms. The summed E-state index contributed by atoms with van der Waals surface area (Å²) in [5, 5.41) is 0. The van der Waals surface area contributed by atoms with E-state index in [0.717, 1.165) is 102 Å². The lowest BCUT2D eigenvalue weighted by Crippen LogP contribution is -2.00. The topological polar surface area (TPSA) is 114 Å². The van der Waals surface area contributed by atoms with Gasteiger partial charge in [-0.1, -0.05) is 89.0 Å². The van der Waals surface area contributed by atoms with Gasteiger partial charge < -0.3 is 19.4 Å². The van der Waals surface area contributed by atoms with Crippen molar-refractivity contribution in [1.29, 1.82) is 0 Å². The SMILES string of the molecule is CCCCCCCCCCCCOc1ccc(-c2c3nc(c(-c4cccnc4)c4ccc([nH]4)c(-c4cccnc4)c4nc(c(-c5cccnc5)c5ccc2[nH]5)C=C4)C=C3)cc1OC. The maximum atomic E-state index is 6.36. The molecule has 0 saturated heterocycles. The van der Waals surface area contributed by atoms with Gasteiger partial charge in [-0.2, -0.15) is 0 Å². The first kappa shape index (κ1) is 41.2. The fraction of sp³-hybridized carbons (Fsp3) is 0.241. The quantitative estimate of drug-likeness (QED) is 0.0878. The standard InChI is InChI=1S/C54H53N7O2/c1-3-4-5-6-7-8-9-10-11-12-32-63-49-28-19-37(33-50(49)62-2)51-41-20-22-43(58-41)52(38-16-13-29-55-34-38)45-24-26-47(60-45)54(40-18-15-31-57-36-40)48-27-25-46(61-48)53(39-17-14-30-56-35-39)44-23-21-42(51)59-44/h13-31,33-36,58,61H,3-12,32H2,1-2H3. The van der Waals surface area contributed by atoms with Crippen LogP contribution in [0.15, 0.2) is 116 Å². The van der Waals surface area contributed by atoms with Gasteiger partial charge in [-0.15, -0.1) is 0 Å². The van der Waals surface area contributed by atoms with Crippen LogP contribution < -0.4 is 9.47 Å². The number of hydrogen-bond acceptors (Lipinski definition) is 7. The maximum absolute atomic E-state index is 6.36. The molecule has 0 unspecified atom stereocenters. The third-order valence-electron chi connectivity index (χ3n) is 11.8. The molecule has 0 fully saturated rings. The van der Waals surface area contributed by atoms with Crippen LogP contribution in [0.4, 0.5) is 0 Å². The highest BCUT2D eigenvalue weighted by molar-refractivity contribution is 5.99. The minimum atomic E-state index is 0.649. The summed E-state index contributed by atoms with van der Waals surface area (Å²) in [6.07, 6.45) is 32.2. The predicted octanol–water partition coefficient (Wildman–Crippen LogP) is 13.8. The number of nitrogens with one attached hydrogen (secondary N) is 2. The van der Waals surface area contributed by atoms with Crippen molar-refractivity contribution in [1.82, 2.24) is 34.9 Å². The van der Waals surface area contributed by atoms with Crippen LogP contribution >= 0.6 is 0 Å². The summed E-state index contributed by atoms with van der Waals surface area (Å²) in [6.45, 7) is 2.92. The number of unbranched alkanes of at least 4 members (excludes halogenated alkanes) is 9. The lowest BCUT2D eigenvalue weighted by molar-refractivity contribution is 0.284. The van der Waals surface area contributed by atoms with E-state index in [2.05, 4.69) is 111 Å². The van der Waals surface area contributed by atoms with Gasteiger partial charge in [-0.25, -0.2) is 9.97 Å². The number of pyridine rings is 3. The zero-order valence-electron chi connectivity index (χ0n) is 36.1. The number of methoxy groups -OCH3 is 1. The van der Waals surface area contributed by atoms with Crippen molar-refractivity contribution in [3.63, 3.8) is 0 Å². The molecule has 9 nitrogen and oxygen atoms in total. The molecule has 0 aliphatic carbocycles. The number of fused-ring (bicyclic) bond motifs is 8. The maximum Gasteiger partial charge on any atom is 0.161 e.